The molecule has 20 heavy (non-hydrogen) atoms. The summed E-state index contributed by atoms with van der Waals surface area (Å²) in [7, 11) is 0. The SMILES string of the molecule is CC.CC(C)(C)C(=O)SC(=S)n1ccc2ccccc21. The molecule has 0 fully saturated rings. The van der Waals surface area contributed by atoms with E-state index in [1.165, 1.54) is 0 Å². The molecule has 0 aliphatic carbocycles. The van der Waals surface area contributed by atoms with Gasteiger partial charge < -0.3 is 4.57 Å². The second-order valence-corrected chi connectivity index (χ2v) is 6.76. The Morgan fingerprint density at radius 1 is 1.15 bits per heavy atom. The quantitative estimate of drug-likeness (QED) is 0.632. The van der Waals surface area contributed by atoms with Gasteiger partial charge in [-0.05, 0) is 29.3 Å². The molecule has 0 atom stereocenters. The van der Waals surface area contributed by atoms with Crippen molar-refractivity contribution in [1.29, 1.82) is 0 Å². The fourth-order valence-corrected chi connectivity index (χ4v) is 2.63. The Morgan fingerprint density at radius 3 is 2.35 bits per heavy atom. The fourth-order valence-electron chi connectivity index (χ4n) is 1.52. The fraction of sp³-hybridized carbons (Fsp3) is 0.375. The van der Waals surface area contributed by atoms with E-state index in [-0.39, 0.29) is 10.5 Å². The molecule has 0 radical (unpaired) electrons. The lowest BCUT2D eigenvalue weighted by Gasteiger charge is -2.16. The number of rotatable bonds is 0. The van der Waals surface area contributed by atoms with Crippen LogP contribution < -0.4 is 0 Å². The van der Waals surface area contributed by atoms with E-state index in [1.54, 1.807) is 0 Å². The summed E-state index contributed by atoms with van der Waals surface area (Å²) in [4.78, 5) is 12.0. The molecule has 108 valence electrons. The van der Waals surface area contributed by atoms with Crippen LogP contribution in [0.25, 0.3) is 10.9 Å². The number of para-hydroxylation sites is 1. The van der Waals surface area contributed by atoms with Crippen molar-refractivity contribution in [2.24, 2.45) is 5.41 Å². The average molecular weight is 307 g/mol. The highest BCUT2D eigenvalue weighted by molar-refractivity contribution is 8.32. The van der Waals surface area contributed by atoms with Crippen LogP contribution in [0.2, 0.25) is 0 Å². The first-order valence-electron chi connectivity index (χ1n) is 6.72. The van der Waals surface area contributed by atoms with Crippen molar-refractivity contribution < 1.29 is 4.79 Å². The monoisotopic (exact) mass is 307 g/mol. The number of benzene rings is 1. The maximum atomic E-state index is 12.0. The zero-order valence-electron chi connectivity index (χ0n) is 12.6. The van der Waals surface area contributed by atoms with Gasteiger partial charge in [-0.15, -0.1) is 0 Å². The summed E-state index contributed by atoms with van der Waals surface area (Å²) in [6.07, 6.45) is 1.91. The van der Waals surface area contributed by atoms with Gasteiger partial charge in [-0.2, -0.15) is 0 Å². The minimum atomic E-state index is -0.377. The Labute approximate surface area is 130 Å². The number of hydrogen-bond acceptors (Lipinski definition) is 3. The van der Waals surface area contributed by atoms with Gasteiger partial charge in [0.05, 0.1) is 5.52 Å². The normalized spacial score (nSPS) is 10.8. The lowest BCUT2D eigenvalue weighted by atomic mass is 10.00. The first kappa shape index (κ1) is 16.9. The van der Waals surface area contributed by atoms with Crippen molar-refractivity contribution in [1.82, 2.24) is 4.57 Å². The molecule has 1 aromatic carbocycles. The van der Waals surface area contributed by atoms with Gasteiger partial charge in [0, 0.05) is 11.6 Å². The highest BCUT2D eigenvalue weighted by Crippen LogP contribution is 2.26. The molecule has 0 amide bonds. The van der Waals surface area contributed by atoms with Crippen molar-refractivity contribution >= 4 is 44.3 Å². The van der Waals surface area contributed by atoms with E-state index in [0.717, 1.165) is 22.7 Å². The van der Waals surface area contributed by atoms with E-state index < -0.39 is 0 Å². The van der Waals surface area contributed by atoms with Crippen LogP contribution in [-0.2, 0) is 4.79 Å². The summed E-state index contributed by atoms with van der Waals surface area (Å²) in [5, 5.41) is 1.22. The van der Waals surface area contributed by atoms with Crippen molar-refractivity contribution in [2.75, 3.05) is 0 Å². The molecule has 2 rings (SSSR count). The predicted molar refractivity (Wildman–Crippen MR) is 93.3 cm³/mol. The molecule has 0 spiro atoms. The van der Waals surface area contributed by atoms with Gasteiger partial charge in [0.1, 0.15) is 0 Å². The van der Waals surface area contributed by atoms with Crippen molar-refractivity contribution in [3.63, 3.8) is 0 Å². The highest BCUT2D eigenvalue weighted by Gasteiger charge is 2.24. The van der Waals surface area contributed by atoms with Crippen LogP contribution in [0.3, 0.4) is 0 Å². The van der Waals surface area contributed by atoms with Crippen LogP contribution in [0.15, 0.2) is 36.5 Å². The van der Waals surface area contributed by atoms with Crippen molar-refractivity contribution in [3.05, 3.63) is 36.5 Å². The molecule has 0 N–H and O–H groups in total. The van der Waals surface area contributed by atoms with E-state index in [9.17, 15) is 4.79 Å². The van der Waals surface area contributed by atoms with Crippen LogP contribution >= 0.6 is 24.0 Å². The van der Waals surface area contributed by atoms with Crippen molar-refractivity contribution in [3.8, 4) is 0 Å². The molecule has 0 aliphatic rings. The number of carbonyl (C=O) groups is 1. The lowest BCUT2D eigenvalue weighted by molar-refractivity contribution is -0.117. The molecule has 0 unspecified atom stereocenters. The smallest absolute Gasteiger partial charge is 0.201 e. The first-order chi connectivity index (χ1) is 9.39. The van der Waals surface area contributed by atoms with Gasteiger partial charge in [0.15, 0.2) is 4.32 Å². The van der Waals surface area contributed by atoms with E-state index >= 15 is 0 Å². The third kappa shape index (κ3) is 3.93. The van der Waals surface area contributed by atoms with Crippen LogP contribution in [0.4, 0.5) is 0 Å². The Balaban J connectivity index is 0.000000956. The van der Waals surface area contributed by atoms with Crippen LogP contribution in [0.1, 0.15) is 34.6 Å². The minimum absolute atomic E-state index is 0.0882. The van der Waals surface area contributed by atoms with Crippen LogP contribution in [-0.4, -0.2) is 14.0 Å². The molecule has 0 aliphatic heterocycles. The molecular formula is C16H21NOS2. The molecule has 0 saturated carbocycles. The zero-order chi connectivity index (χ0) is 15.3. The van der Waals surface area contributed by atoms with E-state index in [1.807, 2.05) is 75.7 Å². The molecule has 0 saturated heterocycles. The number of aromatic nitrogens is 1. The molecule has 2 nitrogen and oxygen atoms in total. The molecule has 1 aromatic heterocycles. The van der Waals surface area contributed by atoms with Gasteiger partial charge in [-0.25, -0.2) is 0 Å². The summed E-state index contributed by atoms with van der Waals surface area (Å²) in [6, 6.07) is 10.00. The standard InChI is InChI=1S/C14H15NOS2.C2H6/c1-14(2,3)12(16)18-13(17)15-9-8-10-6-4-5-7-11(10)15;1-2/h4-9H,1-3H3;1-2H3. The number of thioether (sulfide) groups is 1. The average Bonchev–Trinajstić information content (AvgIpc) is 2.83. The molecule has 0 bridgehead atoms. The van der Waals surface area contributed by atoms with E-state index in [2.05, 4.69) is 0 Å². The van der Waals surface area contributed by atoms with E-state index in [4.69, 9.17) is 12.2 Å². The second kappa shape index (κ2) is 7.04. The summed E-state index contributed by atoms with van der Waals surface area (Å²) in [5.41, 5.74) is 0.661. The van der Waals surface area contributed by atoms with E-state index in [0.29, 0.717) is 4.32 Å². The largest absolute Gasteiger partial charge is 0.302 e. The first-order valence-corrected chi connectivity index (χ1v) is 7.95. The Morgan fingerprint density at radius 2 is 1.75 bits per heavy atom. The Bertz CT molecular complexity index is 608. The highest BCUT2D eigenvalue weighted by atomic mass is 32.2. The summed E-state index contributed by atoms with van der Waals surface area (Å²) in [6.45, 7) is 9.70. The molecule has 2 aromatic rings. The van der Waals surface area contributed by atoms with Gasteiger partial charge >= 0.3 is 0 Å². The van der Waals surface area contributed by atoms with Crippen molar-refractivity contribution in [2.45, 2.75) is 34.6 Å². The van der Waals surface area contributed by atoms with Gasteiger partial charge in [0.25, 0.3) is 0 Å². The lowest BCUT2D eigenvalue weighted by Crippen LogP contribution is -2.19. The van der Waals surface area contributed by atoms with Crippen LogP contribution in [0, 0.1) is 5.41 Å². The third-order valence-corrected chi connectivity index (χ3v) is 4.20. The number of nitrogens with zero attached hydrogens (tertiary/aromatic N) is 1. The summed E-state index contributed by atoms with van der Waals surface area (Å²) >= 11 is 6.49. The third-order valence-electron chi connectivity index (χ3n) is 2.59. The number of carbonyl (C=O) groups excluding carboxylic acids is 1. The number of hydrogen-bond donors (Lipinski definition) is 0. The molecule has 1 heterocycles. The minimum Gasteiger partial charge on any atom is -0.302 e. The zero-order valence-corrected chi connectivity index (χ0v) is 14.3. The maximum absolute atomic E-state index is 12.0. The van der Waals surface area contributed by atoms with Gasteiger partial charge in [-0.3, -0.25) is 4.79 Å². The van der Waals surface area contributed by atoms with Gasteiger partial charge in [0.2, 0.25) is 5.12 Å². The second-order valence-electron chi connectivity index (χ2n) is 5.15. The molecule has 4 heteroatoms. The maximum Gasteiger partial charge on any atom is 0.201 e. The predicted octanol–water partition coefficient (Wildman–Crippen LogP) is 5.11. The molecular weight excluding hydrogens is 286 g/mol. The number of thiocarbonyl (C=S) groups is 1. The summed E-state index contributed by atoms with van der Waals surface area (Å²) < 4.78 is 2.47. The Kier molecular flexibility index (Phi) is 5.96. The van der Waals surface area contributed by atoms with Crippen LogP contribution in [0.5, 0.6) is 0 Å². The Hall–Kier alpha value is -1.13. The topological polar surface area (TPSA) is 22.0 Å². The van der Waals surface area contributed by atoms with Gasteiger partial charge in [-0.1, -0.05) is 65.0 Å². The number of fused-ring (bicyclic) bond motifs is 1. The summed E-state index contributed by atoms with van der Waals surface area (Å²) in [5.74, 6) is 0.